The zero-order valence-corrected chi connectivity index (χ0v) is 26.5. The van der Waals surface area contributed by atoms with E-state index in [0.717, 1.165) is 52.9 Å². The molecule has 4 rings (SSSR count). The molecule has 0 unspecified atom stereocenters. The highest BCUT2D eigenvalue weighted by molar-refractivity contribution is 7.92. The predicted octanol–water partition coefficient (Wildman–Crippen LogP) is 6.08. The number of hydrogen-bond acceptors (Lipinski definition) is 4. The van der Waals surface area contributed by atoms with E-state index in [1.54, 1.807) is 30.3 Å². The molecular weight excluding hydrogens is 593 g/mol. The van der Waals surface area contributed by atoms with Crippen LogP contribution in [0.25, 0.3) is 0 Å². The summed E-state index contributed by atoms with van der Waals surface area (Å²) in [6, 6.07) is 19.0. The van der Waals surface area contributed by atoms with Crippen LogP contribution in [0.4, 0.5) is 5.69 Å². The minimum atomic E-state index is -3.84. The number of nitrogens with one attached hydrogen (secondary N) is 1. The molecule has 1 aliphatic carbocycles. The van der Waals surface area contributed by atoms with Crippen molar-refractivity contribution in [2.24, 2.45) is 0 Å². The molecule has 7 nitrogen and oxygen atoms in total. The molecule has 42 heavy (non-hydrogen) atoms. The topological polar surface area (TPSA) is 86.8 Å². The molecular formula is C32H37Cl2N3O4S. The number of hydrogen-bond donors (Lipinski definition) is 1. The Balaban J connectivity index is 1.74. The van der Waals surface area contributed by atoms with Crippen LogP contribution in [0.15, 0.2) is 66.7 Å². The molecule has 0 aromatic heterocycles. The summed E-state index contributed by atoms with van der Waals surface area (Å²) in [6.07, 6.45) is 5.19. The number of benzene rings is 3. The molecule has 1 N–H and O–H groups in total. The lowest BCUT2D eigenvalue weighted by atomic mass is 10.0. The fourth-order valence-electron chi connectivity index (χ4n) is 5.25. The van der Waals surface area contributed by atoms with Crippen LogP contribution in [-0.4, -0.2) is 50.0 Å². The van der Waals surface area contributed by atoms with Gasteiger partial charge in [-0.2, -0.15) is 0 Å². The molecule has 0 spiro atoms. The summed E-state index contributed by atoms with van der Waals surface area (Å²) >= 11 is 12.5. The number of anilines is 1. The summed E-state index contributed by atoms with van der Waals surface area (Å²) in [4.78, 5) is 29.6. The maximum absolute atomic E-state index is 14.2. The van der Waals surface area contributed by atoms with Crippen LogP contribution >= 0.6 is 23.2 Å². The van der Waals surface area contributed by atoms with E-state index in [-0.39, 0.29) is 24.9 Å². The van der Waals surface area contributed by atoms with Gasteiger partial charge in [0.25, 0.3) is 0 Å². The van der Waals surface area contributed by atoms with E-state index in [0.29, 0.717) is 21.3 Å². The SMILES string of the molecule is Cc1ccc(N(CC(=O)N(Cc2ccc(Cl)c(Cl)c2)[C@H](Cc2ccccc2)C(=O)NC2CCCC2)S(C)(=O)=O)cc1C. The van der Waals surface area contributed by atoms with Gasteiger partial charge in [0.1, 0.15) is 12.6 Å². The van der Waals surface area contributed by atoms with Crippen molar-refractivity contribution in [1.29, 1.82) is 0 Å². The lowest BCUT2D eigenvalue weighted by molar-refractivity contribution is -0.140. The molecule has 0 radical (unpaired) electrons. The second-order valence-electron chi connectivity index (χ2n) is 11.0. The van der Waals surface area contributed by atoms with Gasteiger partial charge >= 0.3 is 0 Å². The first-order chi connectivity index (χ1) is 19.9. The second kappa shape index (κ2) is 13.9. The van der Waals surface area contributed by atoms with E-state index < -0.39 is 28.5 Å². The summed E-state index contributed by atoms with van der Waals surface area (Å²) in [5, 5.41) is 3.85. The van der Waals surface area contributed by atoms with Gasteiger partial charge in [-0.05, 0) is 73.2 Å². The molecule has 2 amide bonds. The van der Waals surface area contributed by atoms with Crippen LogP contribution in [0.3, 0.4) is 0 Å². The first kappa shape index (κ1) is 31.9. The maximum Gasteiger partial charge on any atom is 0.244 e. The van der Waals surface area contributed by atoms with Gasteiger partial charge in [0.05, 0.1) is 22.0 Å². The Morgan fingerprint density at radius 3 is 2.21 bits per heavy atom. The van der Waals surface area contributed by atoms with E-state index in [9.17, 15) is 18.0 Å². The minimum absolute atomic E-state index is 0.0375. The van der Waals surface area contributed by atoms with Gasteiger partial charge in [0, 0.05) is 19.0 Å². The number of carbonyl (C=O) groups is 2. The highest BCUT2D eigenvalue weighted by Crippen LogP contribution is 2.26. The minimum Gasteiger partial charge on any atom is -0.352 e. The fourth-order valence-corrected chi connectivity index (χ4v) is 6.41. The Kier molecular flexibility index (Phi) is 10.6. The molecule has 0 heterocycles. The lowest BCUT2D eigenvalue weighted by Crippen LogP contribution is -2.54. The lowest BCUT2D eigenvalue weighted by Gasteiger charge is -2.34. The monoisotopic (exact) mass is 629 g/mol. The third-order valence-corrected chi connectivity index (χ3v) is 9.65. The quantitative estimate of drug-likeness (QED) is 0.279. The Labute approximate surface area is 258 Å². The average molecular weight is 631 g/mol. The van der Waals surface area contributed by atoms with Crippen molar-refractivity contribution in [1.82, 2.24) is 10.2 Å². The van der Waals surface area contributed by atoms with Crippen LogP contribution in [0.2, 0.25) is 10.0 Å². The Morgan fingerprint density at radius 2 is 1.60 bits per heavy atom. The third-order valence-electron chi connectivity index (χ3n) is 7.77. The van der Waals surface area contributed by atoms with Crippen molar-refractivity contribution in [3.63, 3.8) is 0 Å². The summed E-state index contributed by atoms with van der Waals surface area (Å²) in [6.45, 7) is 3.40. The molecule has 1 saturated carbocycles. The molecule has 0 bridgehead atoms. The van der Waals surface area contributed by atoms with Gasteiger partial charge in [0.2, 0.25) is 21.8 Å². The van der Waals surface area contributed by atoms with Crippen LogP contribution in [0, 0.1) is 13.8 Å². The van der Waals surface area contributed by atoms with Crippen molar-refractivity contribution < 1.29 is 18.0 Å². The standard InChI is InChI=1S/C32H37Cl2N3O4S/c1-22-13-15-27(17-23(22)2)37(42(3,40)41)21-31(38)36(20-25-14-16-28(33)29(34)18-25)30(19-24-9-5-4-6-10-24)32(39)35-26-11-7-8-12-26/h4-6,9-10,13-18,26,30H,7-8,11-12,19-21H2,1-3H3,(H,35,39)/t30-/m1/s1. The Bertz CT molecular complexity index is 1530. The van der Waals surface area contributed by atoms with E-state index in [4.69, 9.17) is 23.2 Å². The fraction of sp³-hybridized carbons (Fsp3) is 0.375. The van der Waals surface area contributed by atoms with Crippen molar-refractivity contribution in [3.8, 4) is 0 Å². The van der Waals surface area contributed by atoms with Gasteiger partial charge in [-0.3, -0.25) is 13.9 Å². The smallest absolute Gasteiger partial charge is 0.244 e. The number of halogens is 2. The first-order valence-electron chi connectivity index (χ1n) is 14.0. The molecule has 10 heteroatoms. The third kappa shape index (κ3) is 8.27. The van der Waals surface area contributed by atoms with Crippen LogP contribution in [-0.2, 0) is 32.6 Å². The zero-order chi connectivity index (χ0) is 30.4. The van der Waals surface area contributed by atoms with E-state index in [1.807, 2.05) is 50.2 Å². The van der Waals surface area contributed by atoms with Crippen LogP contribution in [0.1, 0.15) is 47.9 Å². The van der Waals surface area contributed by atoms with Crippen molar-refractivity contribution >= 4 is 50.7 Å². The van der Waals surface area contributed by atoms with Gasteiger partial charge in [-0.1, -0.05) is 78.5 Å². The highest BCUT2D eigenvalue weighted by Gasteiger charge is 2.34. The Hall–Kier alpha value is -3.07. The van der Waals surface area contributed by atoms with E-state index in [2.05, 4.69) is 5.32 Å². The van der Waals surface area contributed by atoms with Crippen LogP contribution < -0.4 is 9.62 Å². The van der Waals surface area contributed by atoms with Gasteiger partial charge in [0.15, 0.2) is 0 Å². The molecule has 1 fully saturated rings. The summed E-state index contributed by atoms with van der Waals surface area (Å²) in [5.74, 6) is -0.775. The highest BCUT2D eigenvalue weighted by atomic mass is 35.5. The van der Waals surface area contributed by atoms with Gasteiger partial charge in [-0.15, -0.1) is 0 Å². The number of nitrogens with zero attached hydrogens (tertiary/aromatic N) is 2. The van der Waals surface area contributed by atoms with Crippen LogP contribution in [0.5, 0.6) is 0 Å². The number of aryl methyl sites for hydroxylation is 2. The average Bonchev–Trinajstić information content (AvgIpc) is 3.45. The van der Waals surface area contributed by atoms with E-state index >= 15 is 0 Å². The van der Waals surface area contributed by atoms with Crippen molar-refractivity contribution in [3.05, 3.63) is 99.0 Å². The molecule has 1 atom stereocenters. The largest absolute Gasteiger partial charge is 0.352 e. The number of carbonyl (C=O) groups excluding carboxylic acids is 2. The number of rotatable bonds is 11. The molecule has 3 aromatic carbocycles. The number of sulfonamides is 1. The first-order valence-corrected chi connectivity index (χ1v) is 16.7. The molecule has 3 aromatic rings. The summed E-state index contributed by atoms with van der Waals surface area (Å²) in [5.41, 5.74) is 3.84. The summed E-state index contributed by atoms with van der Waals surface area (Å²) < 4.78 is 27.1. The summed E-state index contributed by atoms with van der Waals surface area (Å²) in [7, 11) is -3.84. The van der Waals surface area contributed by atoms with Crippen molar-refractivity contribution in [2.75, 3.05) is 17.1 Å². The van der Waals surface area contributed by atoms with E-state index in [1.165, 1.54) is 4.90 Å². The molecule has 224 valence electrons. The Morgan fingerprint density at radius 1 is 0.905 bits per heavy atom. The van der Waals surface area contributed by atoms with Crippen molar-refractivity contribution in [2.45, 2.75) is 64.6 Å². The molecule has 0 saturated heterocycles. The number of amides is 2. The zero-order valence-electron chi connectivity index (χ0n) is 24.1. The predicted molar refractivity (Wildman–Crippen MR) is 169 cm³/mol. The normalized spacial score (nSPS) is 14.4. The van der Waals surface area contributed by atoms with Gasteiger partial charge in [-0.25, -0.2) is 8.42 Å². The molecule has 0 aliphatic heterocycles. The second-order valence-corrected chi connectivity index (χ2v) is 13.7. The van der Waals surface area contributed by atoms with Gasteiger partial charge < -0.3 is 10.2 Å². The maximum atomic E-state index is 14.2. The molecule has 1 aliphatic rings.